The van der Waals surface area contributed by atoms with E-state index >= 15 is 0 Å². The van der Waals surface area contributed by atoms with Crippen molar-refractivity contribution < 1.29 is 19.4 Å². The molecule has 2 N–H and O–H groups in total. The topological polar surface area (TPSA) is 75.6 Å². The minimum Gasteiger partial charge on any atom is -0.467 e. The average Bonchev–Trinajstić information content (AvgIpc) is 2.43. The summed E-state index contributed by atoms with van der Waals surface area (Å²) in [7, 11) is 1.17. The zero-order valence-corrected chi connectivity index (χ0v) is 10.9. The molecule has 0 spiro atoms. The molecule has 1 aromatic carbocycles. The lowest BCUT2D eigenvalue weighted by atomic mass is 10.0. The van der Waals surface area contributed by atoms with Crippen LogP contribution in [-0.2, 0) is 14.3 Å². The molecule has 0 saturated carbocycles. The summed E-state index contributed by atoms with van der Waals surface area (Å²) in [6, 6.07) is 7.83. The zero-order valence-electron chi connectivity index (χ0n) is 10.9. The van der Waals surface area contributed by atoms with Crippen molar-refractivity contribution in [2.75, 3.05) is 7.11 Å². The number of hydrogen-bond acceptors (Lipinski definition) is 4. The Labute approximate surface area is 111 Å². The van der Waals surface area contributed by atoms with Crippen LogP contribution in [0.5, 0.6) is 0 Å². The summed E-state index contributed by atoms with van der Waals surface area (Å²) in [5, 5.41) is 12.5. The van der Waals surface area contributed by atoms with Crippen LogP contribution in [0.1, 0.15) is 18.5 Å². The lowest BCUT2D eigenvalue weighted by molar-refractivity contribution is -0.152. The summed E-state index contributed by atoms with van der Waals surface area (Å²) in [6.07, 6.45) is -1.48. The van der Waals surface area contributed by atoms with Crippen LogP contribution in [-0.4, -0.2) is 30.2 Å². The number of carbonyl (C=O) groups is 2. The first-order valence-electron chi connectivity index (χ1n) is 5.74. The van der Waals surface area contributed by atoms with Crippen molar-refractivity contribution in [3.8, 4) is 0 Å². The molecule has 0 aliphatic rings. The Morgan fingerprint density at radius 1 is 1.32 bits per heavy atom. The van der Waals surface area contributed by atoms with Gasteiger partial charge in [0.25, 0.3) is 0 Å². The lowest BCUT2D eigenvalue weighted by Gasteiger charge is -2.23. The highest BCUT2D eigenvalue weighted by Crippen LogP contribution is 2.18. The summed E-state index contributed by atoms with van der Waals surface area (Å²) < 4.78 is 4.49. The van der Waals surface area contributed by atoms with E-state index in [0.29, 0.717) is 5.56 Å². The van der Waals surface area contributed by atoms with Gasteiger partial charge in [-0.05, 0) is 12.5 Å². The maximum atomic E-state index is 11.7. The number of aliphatic hydroxyl groups excluding tert-OH is 1. The Kier molecular flexibility index (Phi) is 5.26. The predicted molar refractivity (Wildman–Crippen MR) is 70.2 cm³/mol. The first kappa shape index (κ1) is 14.9. The van der Waals surface area contributed by atoms with Crippen molar-refractivity contribution in [1.29, 1.82) is 0 Å². The van der Waals surface area contributed by atoms with Crippen molar-refractivity contribution in [3.05, 3.63) is 48.0 Å². The van der Waals surface area contributed by atoms with Gasteiger partial charge in [-0.25, -0.2) is 4.79 Å². The van der Waals surface area contributed by atoms with Crippen LogP contribution in [0.2, 0.25) is 0 Å². The van der Waals surface area contributed by atoms with Crippen molar-refractivity contribution >= 4 is 11.9 Å². The normalized spacial score (nSPS) is 13.2. The highest BCUT2D eigenvalue weighted by molar-refractivity contribution is 5.93. The van der Waals surface area contributed by atoms with Crippen molar-refractivity contribution in [1.82, 2.24) is 5.32 Å². The number of amides is 1. The quantitative estimate of drug-likeness (QED) is 0.612. The third kappa shape index (κ3) is 3.93. The molecule has 102 valence electrons. The van der Waals surface area contributed by atoms with Crippen LogP contribution in [0.3, 0.4) is 0 Å². The molecule has 19 heavy (non-hydrogen) atoms. The van der Waals surface area contributed by atoms with Gasteiger partial charge in [-0.15, -0.1) is 0 Å². The van der Waals surface area contributed by atoms with Crippen LogP contribution in [0, 0.1) is 0 Å². The maximum Gasteiger partial charge on any atom is 0.337 e. The Balaban J connectivity index is 3.01. The van der Waals surface area contributed by atoms with Gasteiger partial charge in [-0.1, -0.05) is 36.9 Å². The number of rotatable bonds is 5. The van der Waals surface area contributed by atoms with Gasteiger partial charge in [0.05, 0.1) is 13.2 Å². The summed E-state index contributed by atoms with van der Waals surface area (Å²) in [5.74, 6) is -1.24. The first-order valence-corrected chi connectivity index (χ1v) is 5.74. The molecule has 0 fully saturated rings. The van der Waals surface area contributed by atoms with E-state index in [-0.39, 0.29) is 5.57 Å². The molecule has 0 aromatic heterocycles. The van der Waals surface area contributed by atoms with Gasteiger partial charge in [0.15, 0.2) is 6.10 Å². The SMILES string of the molecule is C=C(C)C(=O)N[C@@H](c1ccccc1)[C@@H](O)C(=O)OC. The van der Waals surface area contributed by atoms with Gasteiger partial charge in [-0.3, -0.25) is 4.79 Å². The fourth-order valence-electron chi connectivity index (χ4n) is 1.53. The van der Waals surface area contributed by atoms with E-state index in [1.807, 2.05) is 0 Å². The number of methoxy groups -OCH3 is 1. The molecule has 0 unspecified atom stereocenters. The minimum absolute atomic E-state index is 0.290. The Bertz CT molecular complexity index is 470. The first-order chi connectivity index (χ1) is 8.97. The van der Waals surface area contributed by atoms with Crippen LogP contribution in [0.25, 0.3) is 0 Å². The van der Waals surface area contributed by atoms with E-state index < -0.39 is 24.0 Å². The molecule has 1 rings (SSSR count). The predicted octanol–water partition coefficient (Wildman–Crippen LogP) is 0.954. The number of esters is 1. The summed E-state index contributed by atoms with van der Waals surface area (Å²) in [5.41, 5.74) is 0.896. The summed E-state index contributed by atoms with van der Waals surface area (Å²) >= 11 is 0. The second-order valence-electron chi connectivity index (χ2n) is 4.11. The molecular weight excluding hydrogens is 246 g/mol. The second kappa shape index (κ2) is 6.70. The molecule has 0 aliphatic heterocycles. The van der Waals surface area contributed by atoms with Crippen molar-refractivity contribution in [2.24, 2.45) is 0 Å². The van der Waals surface area contributed by atoms with Gasteiger partial charge in [0.2, 0.25) is 5.91 Å². The summed E-state index contributed by atoms with van der Waals surface area (Å²) in [6.45, 7) is 5.06. The highest BCUT2D eigenvalue weighted by Gasteiger charge is 2.29. The van der Waals surface area contributed by atoms with Crippen molar-refractivity contribution in [3.63, 3.8) is 0 Å². The molecule has 0 bridgehead atoms. The van der Waals surface area contributed by atoms with E-state index in [1.165, 1.54) is 7.11 Å². The third-order valence-corrected chi connectivity index (χ3v) is 2.59. The van der Waals surface area contributed by atoms with E-state index in [9.17, 15) is 14.7 Å². The fraction of sp³-hybridized carbons (Fsp3) is 0.286. The van der Waals surface area contributed by atoms with E-state index in [2.05, 4.69) is 16.6 Å². The summed E-state index contributed by atoms with van der Waals surface area (Å²) in [4.78, 5) is 23.1. The molecule has 5 heteroatoms. The van der Waals surface area contributed by atoms with E-state index in [4.69, 9.17) is 0 Å². The smallest absolute Gasteiger partial charge is 0.337 e. The molecule has 0 heterocycles. The minimum atomic E-state index is -1.48. The molecule has 0 aliphatic carbocycles. The molecule has 1 amide bonds. The second-order valence-corrected chi connectivity index (χ2v) is 4.11. The Morgan fingerprint density at radius 3 is 2.37 bits per heavy atom. The standard InChI is InChI=1S/C14H17NO4/c1-9(2)13(17)15-11(12(16)14(18)19-3)10-7-5-4-6-8-10/h4-8,11-12,16H,1H2,2-3H3,(H,15,17)/t11-,12+/m0/s1. The maximum absolute atomic E-state index is 11.7. The van der Waals surface area contributed by atoms with Gasteiger partial charge >= 0.3 is 5.97 Å². The van der Waals surface area contributed by atoms with Gasteiger partial charge in [0, 0.05) is 5.57 Å². The number of benzene rings is 1. The number of carbonyl (C=O) groups excluding carboxylic acids is 2. The van der Waals surface area contributed by atoms with Gasteiger partial charge in [0.1, 0.15) is 0 Å². The van der Waals surface area contributed by atoms with Crippen LogP contribution < -0.4 is 5.32 Å². The number of hydrogen-bond donors (Lipinski definition) is 2. The lowest BCUT2D eigenvalue weighted by Crippen LogP contribution is -2.41. The fourth-order valence-corrected chi connectivity index (χ4v) is 1.53. The Hall–Kier alpha value is -2.14. The number of aliphatic hydroxyl groups is 1. The van der Waals surface area contributed by atoms with Gasteiger partial charge < -0.3 is 15.2 Å². The third-order valence-electron chi connectivity index (χ3n) is 2.59. The van der Waals surface area contributed by atoms with E-state index in [0.717, 1.165) is 0 Å². The van der Waals surface area contributed by atoms with Crippen molar-refractivity contribution in [2.45, 2.75) is 19.1 Å². The van der Waals surface area contributed by atoms with Crippen LogP contribution >= 0.6 is 0 Å². The zero-order chi connectivity index (χ0) is 14.4. The number of ether oxygens (including phenoxy) is 1. The molecule has 0 saturated heterocycles. The highest BCUT2D eigenvalue weighted by atomic mass is 16.5. The molecule has 2 atom stereocenters. The number of nitrogens with one attached hydrogen (secondary N) is 1. The van der Waals surface area contributed by atoms with E-state index in [1.54, 1.807) is 37.3 Å². The van der Waals surface area contributed by atoms with Gasteiger partial charge in [-0.2, -0.15) is 0 Å². The Morgan fingerprint density at radius 2 is 1.89 bits per heavy atom. The van der Waals surface area contributed by atoms with Crippen LogP contribution in [0.15, 0.2) is 42.5 Å². The average molecular weight is 263 g/mol. The molecule has 0 radical (unpaired) electrons. The molecule has 1 aromatic rings. The monoisotopic (exact) mass is 263 g/mol. The molecule has 5 nitrogen and oxygen atoms in total. The largest absolute Gasteiger partial charge is 0.467 e. The molecular formula is C14H17NO4. The van der Waals surface area contributed by atoms with Crippen LogP contribution in [0.4, 0.5) is 0 Å².